The standard InChI is InChI=1S/C15H23FN2O/c1-15(2,11-19)14(18-8-6-17-7-9-18)12-4-3-5-13(16)10-12/h3-5,10,14,17,19H,6-9,11H2,1-2H3/t14-/m1/s1. The molecule has 106 valence electrons. The number of piperazine rings is 1. The Hall–Kier alpha value is -0.970. The predicted octanol–water partition coefficient (Wildman–Crippen LogP) is 1.79. The number of hydrogen-bond acceptors (Lipinski definition) is 3. The molecule has 2 N–H and O–H groups in total. The highest BCUT2D eigenvalue weighted by molar-refractivity contribution is 5.22. The molecule has 0 bridgehead atoms. The van der Waals surface area contributed by atoms with E-state index < -0.39 is 0 Å². The summed E-state index contributed by atoms with van der Waals surface area (Å²) in [5.74, 6) is -0.216. The number of nitrogens with zero attached hydrogens (tertiary/aromatic N) is 1. The average molecular weight is 266 g/mol. The van der Waals surface area contributed by atoms with Gasteiger partial charge in [0.05, 0.1) is 0 Å². The maximum Gasteiger partial charge on any atom is 0.123 e. The zero-order chi connectivity index (χ0) is 13.9. The fourth-order valence-corrected chi connectivity index (χ4v) is 2.86. The quantitative estimate of drug-likeness (QED) is 0.872. The molecule has 3 nitrogen and oxygen atoms in total. The van der Waals surface area contributed by atoms with Gasteiger partial charge in [-0.25, -0.2) is 4.39 Å². The van der Waals surface area contributed by atoms with Gasteiger partial charge in [-0.1, -0.05) is 26.0 Å². The van der Waals surface area contributed by atoms with Gasteiger partial charge in [-0.15, -0.1) is 0 Å². The van der Waals surface area contributed by atoms with E-state index in [1.165, 1.54) is 6.07 Å². The molecule has 1 atom stereocenters. The first-order chi connectivity index (χ1) is 9.04. The van der Waals surface area contributed by atoms with E-state index in [4.69, 9.17) is 0 Å². The number of halogens is 1. The minimum Gasteiger partial charge on any atom is -0.396 e. The lowest BCUT2D eigenvalue weighted by molar-refractivity contribution is 0.0304. The Morgan fingerprint density at radius 3 is 2.63 bits per heavy atom. The van der Waals surface area contributed by atoms with Crippen molar-refractivity contribution in [2.75, 3.05) is 32.8 Å². The summed E-state index contributed by atoms with van der Waals surface area (Å²) in [5, 5.41) is 13.0. The van der Waals surface area contributed by atoms with Crippen molar-refractivity contribution in [1.82, 2.24) is 10.2 Å². The van der Waals surface area contributed by atoms with Crippen LogP contribution in [-0.2, 0) is 0 Å². The van der Waals surface area contributed by atoms with Gasteiger partial charge in [0.1, 0.15) is 5.82 Å². The Morgan fingerprint density at radius 1 is 1.37 bits per heavy atom. The van der Waals surface area contributed by atoms with Gasteiger partial charge in [0.15, 0.2) is 0 Å². The first kappa shape index (κ1) is 14.4. The molecule has 0 spiro atoms. The maximum absolute atomic E-state index is 13.5. The van der Waals surface area contributed by atoms with E-state index in [1.54, 1.807) is 12.1 Å². The number of rotatable bonds is 4. The second-order valence-corrected chi connectivity index (χ2v) is 5.89. The largest absolute Gasteiger partial charge is 0.396 e. The second kappa shape index (κ2) is 5.99. The number of nitrogens with one attached hydrogen (secondary N) is 1. The number of hydrogen-bond donors (Lipinski definition) is 2. The summed E-state index contributed by atoms with van der Waals surface area (Å²) in [6.45, 7) is 7.86. The third-order valence-corrected chi connectivity index (χ3v) is 3.83. The molecule has 2 rings (SSSR count). The van der Waals surface area contributed by atoms with Gasteiger partial charge in [-0.05, 0) is 17.7 Å². The SMILES string of the molecule is CC(C)(CO)[C@@H](c1cccc(F)c1)N1CCNCC1. The highest BCUT2D eigenvalue weighted by Crippen LogP contribution is 2.38. The summed E-state index contributed by atoms with van der Waals surface area (Å²) in [5.41, 5.74) is 0.645. The summed E-state index contributed by atoms with van der Waals surface area (Å²) >= 11 is 0. The van der Waals surface area contributed by atoms with Crippen LogP contribution in [0.3, 0.4) is 0 Å². The molecule has 1 aromatic rings. The van der Waals surface area contributed by atoms with E-state index in [1.807, 2.05) is 19.9 Å². The van der Waals surface area contributed by atoms with Crippen LogP contribution in [-0.4, -0.2) is 42.8 Å². The molecular formula is C15H23FN2O. The fraction of sp³-hybridized carbons (Fsp3) is 0.600. The molecular weight excluding hydrogens is 243 g/mol. The van der Waals surface area contributed by atoms with Gasteiger partial charge in [-0.3, -0.25) is 4.90 Å². The summed E-state index contributed by atoms with van der Waals surface area (Å²) in [6, 6.07) is 6.78. The number of aliphatic hydroxyl groups excluding tert-OH is 1. The monoisotopic (exact) mass is 266 g/mol. The summed E-state index contributed by atoms with van der Waals surface area (Å²) in [4.78, 5) is 2.33. The summed E-state index contributed by atoms with van der Waals surface area (Å²) < 4.78 is 13.5. The van der Waals surface area contributed by atoms with Crippen LogP contribution in [0.5, 0.6) is 0 Å². The molecule has 4 heteroatoms. The predicted molar refractivity (Wildman–Crippen MR) is 74.5 cm³/mol. The smallest absolute Gasteiger partial charge is 0.123 e. The highest BCUT2D eigenvalue weighted by Gasteiger charge is 2.35. The molecule has 1 heterocycles. The first-order valence-corrected chi connectivity index (χ1v) is 6.86. The van der Waals surface area contributed by atoms with Crippen molar-refractivity contribution in [2.45, 2.75) is 19.9 Å². The van der Waals surface area contributed by atoms with E-state index >= 15 is 0 Å². The molecule has 1 saturated heterocycles. The van der Waals surface area contributed by atoms with Gasteiger partial charge in [0, 0.05) is 44.2 Å². The zero-order valence-electron chi connectivity index (χ0n) is 11.7. The van der Waals surface area contributed by atoms with Crippen LogP contribution in [0.4, 0.5) is 4.39 Å². The van der Waals surface area contributed by atoms with Crippen molar-refractivity contribution in [3.05, 3.63) is 35.6 Å². The normalized spacial score (nSPS) is 19.4. The van der Waals surface area contributed by atoms with Crippen LogP contribution < -0.4 is 5.32 Å². The fourth-order valence-electron chi connectivity index (χ4n) is 2.86. The van der Waals surface area contributed by atoms with E-state index in [0.29, 0.717) is 0 Å². The Morgan fingerprint density at radius 2 is 2.05 bits per heavy atom. The minimum atomic E-state index is -0.300. The van der Waals surface area contributed by atoms with Crippen molar-refractivity contribution in [3.63, 3.8) is 0 Å². The lowest BCUT2D eigenvalue weighted by Gasteiger charge is -2.43. The van der Waals surface area contributed by atoms with Crippen LogP contribution in [0.2, 0.25) is 0 Å². The Labute approximate surface area is 114 Å². The molecule has 1 aliphatic rings. The molecule has 0 radical (unpaired) electrons. The van der Waals surface area contributed by atoms with Crippen LogP contribution in [0.1, 0.15) is 25.5 Å². The molecule has 19 heavy (non-hydrogen) atoms. The first-order valence-electron chi connectivity index (χ1n) is 6.86. The lowest BCUT2D eigenvalue weighted by atomic mass is 9.79. The van der Waals surface area contributed by atoms with Crippen LogP contribution in [0.25, 0.3) is 0 Å². The van der Waals surface area contributed by atoms with Gasteiger partial charge >= 0.3 is 0 Å². The van der Waals surface area contributed by atoms with Crippen LogP contribution >= 0.6 is 0 Å². The van der Waals surface area contributed by atoms with Gasteiger partial charge in [-0.2, -0.15) is 0 Å². The van der Waals surface area contributed by atoms with Crippen molar-refractivity contribution in [3.8, 4) is 0 Å². The van der Waals surface area contributed by atoms with Gasteiger partial charge in [0.2, 0.25) is 0 Å². The van der Waals surface area contributed by atoms with E-state index in [9.17, 15) is 9.50 Å². The lowest BCUT2D eigenvalue weighted by Crippen LogP contribution is -2.49. The van der Waals surface area contributed by atoms with Crippen LogP contribution in [0, 0.1) is 11.2 Å². The molecule has 1 aromatic carbocycles. The average Bonchev–Trinajstić information content (AvgIpc) is 2.40. The minimum absolute atomic E-state index is 0.0373. The third-order valence-electron chi connectivity index (χ3n) is 3.83. The number of benzene rings is 1. The Balaban J connectivity index is 2.33. The van der Waals surface area contributed by atoms with Crippen molar-refractivity contribution >= 4 is 0 Å². The molecule has 1 aliphatic heterocycles. The maximum atomic E-state index is 13.5. The molecule has 0 unspecified atom stereocenters. The van der Waals surface area contributed by atoms with Gasteiger partial charge < -0.3 is 10.4 Å². The topological polar surface area (TPSA) is 35.5 Å². The Bertz CT molecular complexity index is 416. The summed E-state index contributed by atoms with van der Waals surface area (Å²) in [6.07, 6.45) is 0. The van der Waals surface area contributed by atoms with Crippen molar-refractivity contribution < 1.29 is 9.50 Å². The van der Waals surface area contributed by atoms with E-state index in [2.05, 4.69) is 10.2 Å². The second-order valence-electron chi connectivity index (χ2n) is 5.89. The van der Waals surface area contributed by atoms with Gasteiger partial charge in [0.25, 0.3) is 0 Å². The number of aliphatic hydroxyl groups is 1. The van der Waals surface area contributed by atoms with Crippen LogP contribution in [0.15, 0.2) is 24.3 Å². The highest BCUT2D eigenvalue weighted by atomic mass is 19.1. The van der Waals surface area contributed by atoms with E-state index in [-0.39, 0.29) is 23.9 Å². The zero-order valence-corrected chi connectivity index (χ0v) is 11.7. The Kier molecular flexibility index (Phi) is 4.55. The molecule has 0 aromatic heterocycles. The van der Waals surface area contributed by atoms with E-state index in [0.717, 1.165) is 31.7 Å². The third kappa shape index (κ3) is 3.32. The van der Waals surface area contributed by atoms with Crippen molar-refractivity contribution in [1.29, 1.82) is 0 Å². The molecule has 0 aliphatic carbocycles. The summed E-state index contributed by atoms with van der Waals surface area (Å²) in [7, 11) is 0. The molecule has 0 saturated carbocycles. The molecule has 0 amide bonds. The molecule has 1 fully saturated rings. The van der Waals surface area contributed by atoms with Crippen molar-refractivity contribution in [2.24, 2.45) is 5.41 Å².